The molecule has 1 aliphatic heterocycles. The van der Waals surface area contributed by atoms with Crippen molar-refractivity contribution in [2.24, 2.45) is 4.99 Å². The van der Waals surface area contributed by atoms with Gasteiger partial charge in [-0.2, -0.15) is 0 Å². The third-order valence-electron chi connectivity index (χ3n) is 3.95. The number of carbonyl (C=O) groups is 1. The Morgan fingerprint density at radius 1 is 1.15 bits per heavy atom. The van der Waals surface area contributed by atoms with Crippen molar-refractivity contribution in [3.8, 4) is 5.88 Å². The predicted octanol–water partition coefficient (Wildman–Crippen LogP) is 3.70. The van der Waals surface area contributed by atoms with Crippen LogP contribution in [-0.2, 0) is 0 Å². The van der Waals surface area contributed by atoms with E-state index in [9.17, 15) is 19.1 Å². The average Bonchev–Trinajstić information content (AvgIpc) is 3.16. The van der Waals surface area contributed by atoms with E-state index < -0.39 is 22.5 Å². The van der Waals surface area contributed by atoms with Gasteiger partial charge >= 0.3 is 4.87 Å². The zero-order valence-corrected chi connectivity index (χ0v) is 14.0. The highest BCUT2D eigenvalue weighted by Crippen LogP contribution is 2.34. The molecule has 0 spiro atoms. The molecule has 0 bridgehead atoms. The molecule has 3 aromatic rings. The van der Waals surface area contributed by atoms with Crippen molar-refractivity contribution in [3.63, 3.8) is 0 Å². The van der Waals surface area contributed by atoms with Crippen LogP contribution in [-0.4, -0.2) is 21.8 Å². The van der Waals surface area contributed by atoms with Gasteiger partial charge < -0.3 is 5.11 Å². The Kier molecular flexibility index (Phi) is 3.85. The van der Waals surface area contributed by atoms with Crippen molar-refractivity contribution in [3.05, 3.63) is 80.0 Å². The number of thiazole rings is 1. The van der Waals surface area contributed by atoms with Gasteiger partial charge in [0.25, 0.3) is 5.91 Å². The molecule has 4 rings (SSSR count). The molecule has 2 heterocycles. The normalized spacial score (nSPS) is 14.0. The van der Waals surface area contributed by atoms with E-state index >= 15 is 0 Å². The summed E-state index contributed by atoms with van der Waals surface area (Å²) in [4.78, 5) is 28.6. The molecule has 0 unspecified atom stereocenters. The van der Waals surface area contributed by atoms with Gasteiger partial charge in [0.15, 0.2) is 0 Å². The number of fused-ring (bicyclic) bond motifs is 1. The van der Waals surface area contributed by atoms with Gasteiger partial charge in [-0.3, -0.25) is 14.6 Å². The number of para-hydroxylation sites is 1. The highest BCUT2D eigenvalue weighted by atomic mass is 32.1. The molecule has 128 valence electrons. The van der Waals surface area contributed by atoms with Crippen molar-refractivity contribution in [1.82, 2.24) is 4.57 Å². The molecular weight excluding hydrogens is 355 g/mol. The quantitative estimate of drug-likeness (QED) is 0.752. The number of allylic oxidation sites excluding steroid dienone is 1. The number of rotatable bonds is 2. The second-order valence-corrected chi connectivity index (χ2v) is 6.57. The van der Waals surface area contributed by atoms with Crippen LogP contribution in [0.25, 0.3) is 11.6 Å². The summed E-state index contributed by atoms with van der Waals surface area (Å²) in [5.74, 6) is -1.65. The van der Waals surface area contributed by atoms with E-state index in [-0.39, 0.29) is 10.4 Å². The summed E-state index contributed by atoms with van der Waals surface area (Å²) >= 11 is 0.753. The monoisotopic (exact) mass is 366 g/mol. The Hall–Kier alpha value is -3.32. The fourth-order valence-electron chi connectivity index (χ4n) is 2.67. The predicted molar refractivity (Wildman–Crippen MR) is 98.8 cm³/mol. The molecule has 1 aliphatic rings. The van der Waals surface area contributed by atoms with Crippen molar-refractivity contribution in [1.29, 1.82) is 0 Å². The number of nitrogens with zero attached hydrogens (tertiary/aromatic N) is 2. The van der Waals surface area contributed by atoms with Crippen LogP contribution in [0.2, 0.25) is 0 Å². The third kappa shape index (κ3) is 2.68. The van der Waals surface area contributed by atoms with E-state index in [2.05, 4.69) is 4.99 Å². The van der Waals surface area contributed by atoms with Crippen LogP contribution in [0.1, 0.15) is 20.8 Å². The molecule has 0 atom stereocenters. The molecule has 5 nitrogen and oxygen atoms in total. The van der Waals surface area contributed by atoms with E-state index in [1.54, 1.807) is 12.3 Å². The summed E-state index contributed by atoms with van der Waals surface area (Å²) in [5.41, 5.74) is 2.52. The van der Waals surface area contributed by atoms with Gasteiger partial charge in [0.1, 0.15) is 5.82 Å². The second kappa shape index (κ2) is 6.20. The highest BCUT2D eigenvalue weighted by molar-refractivity contribution is 7.10. The van der Waals surface area contributed by atoms with Gasteiger partial charge in [-0.1, -0.05) is 29.5 Å². The number of benzene rings is 2. The smallest absolute Gasteiger partial charge is 0.317 e. The molecule has 1 N–H and O–H groups in total. The van der Waals surface area contributed by atoms with Crippen LogP contribution < -0.4 is 4.87 Å². The van der Waals surface area contributed by atoms with Crippen molar-refractivity contribution in [2.75, 3.05) is 0 Å². The first kappa shape index (κ1) is 16.2. The minimum atomic E-state index is -0.714. The molecule has 26 heavy (non-hydrogen) atoms. The average molecular weight is 366 g/mol. The van der Waals surface area contributed by atoms with Gasteiger partial charge in [-0.15, -0.1) is 0 Å². The lowest BCUT2D eigenvalue weighted by molar-refractivity contribution is 0.0948. The maximum Gasteiger partial charge on any atom is 0.317 e. The molecular formula is C19H11FN2O3S. The Labute approximate surface area is 151 Å². The summed E-state index contributed by atoms with van der Waals surface area (Å²) in [7, 11) is 0. The number of halogens is 1. The first-order valence-electron chi connectivity index (χ1n) is 7.65. The van der Waals surface area contributed by atoms with Gasteiger partial charge in [0.05, 0.1) is 10.6 Å². The second-order valence-electron chi connectivity index (χ2n) is 5.58. The molecule has 0 saturated heterocycles. The van der Waals surface area contributed by atoms with Crippen LogP contribution in [0.5, 0.6) is 5.88 Å². The molecule has 0 saturated carbocycles. The first-order chi connectivity index (χ1) is 12.5. The maximum absolute atomic E-state index is 13.0. The van der Waals surface area contributed by atoms with Crippen LogP contribution in [0.3, 0.4) is 0 Å². The van der Waals surface area contributed by atoms with Gasteiger partial charge in [-0.25, -0.2) is 8.96 Å². The summed E-state index contributed by atoms with van der Waals surface area (Å²) < 4.78 is 13.7. The van der Waals surface area contributed by atoms with E-state index in [4.69, 9.17) is 0 Å². The van der Waals surface area contributed by atoms with E-state index in [0.717, 1.165) is 40.3 Å². The number of aromatic nitrogens is 1. The SMILES string of the molecule is O=C(c1ccc(F)cc1)n1c(O)c(C=C2C=Nc3ccccc32)sc1=O. The van der Waals surface area contributed by atoms with Gasteiger partial charge in [-0.05, 0) is 36.4 Å². The standard InChI is InChI=1S/C19H11FN2O3S/c20-13-7-5-11(6-8-13)17(23)22-18(24)16(26-19(22)25)9-12-10-21-15-4-2-1-3-14(12)15/h1-10,24H. The molecule has 0 fully saturated rings. The molecule has 0 radical (unpaired) electrons. The third-order valence-corrected chi connectivity index (χ3v) is 4.83. The fourth-order valence-corrected chi connectivity index (χ4v) is 3.49. The lowest BCUT2D eigenvalue weighted by atomic mass is 10.1. The van der Waals surface area contributed by atoms with Crippen molar-refractivity contribution < 1.29 is 14.3 Å². The number of aromatic hydroxyl groups is 1. The highest BCUT2D eigenvalue weighted by Gasteiger charge is 2.21. The Morgan fingerprint density at radius 2 is 1.88 bits per heavy atom. The lowest BCUT2D eigenvalue weighted by Crippen LogP contribution is -2.21. The number of aliphatic imine (C=N–C) groups is 1. The van der Waals surface area contributed by atoms with Gasteiger partial charge in [0.2, 0.25) is 5.88 Å². The summed E-state index contributed by atoms with van der Waals surface area (Å²) in [6.07, 6.45) is 3.26. The van der Waals surface area contributed by atoms with Crippen molar-refractivity contribution >= 4 is 40.8 Å². The molecule has 2 aromatic carbocycles. The minimum Gasteiger partial charge on any atom is -0.493 e. The zero-order chi connectivity index (χ0) is 18.3. The number of hydrogen-bond acceptors (Lipinski definition) is 5. The van der Waals surface area contributed by atoms with Crippen LogP contribution in [0.15, 0.2) is 58.3 Å². The first-order valence-corrected chi connectivity index (χ1v) is 8.46. The number of carbonyl (C=O) groups excluding carboxylic acids is 1. The van der Waals surface area contributed by atoms with E-state index in [1.165, 1.54) is 12.1 Å². The summed E-state index contributed by atoms with van der Waals surface area (Å²) in [5, 5.41) is 10.4. The Balaban J connectivity index is 1.76. The number of hydrogen-bond donors (Lipinski definition) is 1. The lowest BCUT2D eigenvalue weighted by Gasteiger charge is -2.03. The van der Waals surface area contributed by atoms with Gasteiger partial charge in [0, 0.05) is 22.9 Å². The molecule has 1 aromatic heterocycles. The Bertz CT molecular complexity index is 1140. The van der Waals surface area contributed by atoms with Crippen LogP contribution >= 0.6 is 11.3 Å². The van der Waals surface area contributed by atoms with E-state index in [0.29, 0.717) is 4.57 Å². The largest absolute Gasteiger partial charge is 0.493 e. The molecule has 7 heteroatoms. The maximum atomic E-state index is 13.0. The fraction of sp³-hybridized carbons (Fsp3) is 0. The molecule has 0 amide bonds. The Morgan fingerprint density at radius 3 is 2.65 bits per heavy atom. The van der Waals surface area contributed by atoms with Crippen LogP contribution in [0, 0.1) is 5.82 Å². The summed E-state index contributed by atoms with van der Waals surface area (Å²) in [6, 6.07) is 12.2. The minimum absolute atomic E-state index is 0.105. The molecule has 0 aliphatic carbocycles. The van der Waals surface area contributed by atoms with Crippen molar-refractivity contribution in [2.45, 2.75) is 0 Å². The topological polar surface area (TPSA) is 71.7 Å². The summed E-state index contributed by atoms with van der Waals surface area (Å²) in [6.45, 7) is 0. The zero-order valence-electron chi connectivity index (χ0n) is 13.2. The van der Waals surface area contributed by atoms with E-state index in [1.807, 2.05) is 24.3 Å². The van der Waals surface area contributed by atoms with Crippen LogP contribution in [0.4, 0.5) is 10.1 Å².